The van der Waals surface area contributed by atoms with E-state index in [4.69, 9.17) is 4.52 Å². The van der Waals surface area contributed by atoms with Crippen LogP contribution in [0.3, 0.4) is 0 Å². The highest BCUT2D eigenvalue weighted by molar-refractivity contribution is 7.90. The summed E-state index contributed by atoms with van der Waals surface area (Å²) in [5, 5.41) is 15.0. The van der Waals surface area contributed by atoms with Gasteiger partial charge in [0, 0.05) is 18.2 Å². The van der Waals surface area contributed by atoms with Gasteiger partial charge < -0.3 is 4.52 Å². The van der Waals surface area contributed by atoms with E-state index in [-0.39, 0.29) is 28.1 Å². The van der Waals surface area contributed by atoms with Gasteiger partial charge in [0.15, 0.2) is 33.1 Å². The first-order valence-corrected chi connectivity index (χ1v) is 9.85. The van der Waals surface area contributed by atoms with Gasteiger partial charge in [-0.15, -0.1) is 0 Å². The van der Waals surface area contributed by atoms with Gasteiger partial charge in [-0.25, -0.2) is 8.42 Å². The number of sulfone groups is 1. The zero-order chi connectivity index (χ0) is 19.9. The van der Waals surface area contributed by atoms with E-state index in [1.54, 1.807) is 0 Å². The maximum Gasteiger partial charge on any atom is 0.281 e. The van der Waals surface area contributed by atoms with Gasteiger partial charge in [-0.1, -0.05) is 5.16 Å². The first-order valence-electron chi connectivity index (χ1n) is 7.96. The number of carbonyl (C=O) groups is 2. The van der Waals surface area contributed by atoms with E-state index < -0.39 is 37.9 Å². The third kappa shape index (κ3) is 3.77. The molecule has 0 N–H and O–H groups in total. The molecule has 1 unspecified atom stereocenters. The lowest BCUT2D eigenvalue weighted by molar-refractivity contribution is -0.385. The Morgan fingerprint density at radius 3 is 2.48 bits per heavy atom. The molecule has 1 heterocycles. The van der Waals surface area contributed by atoms with Crippen molar-refractivity contribution in [2.45, 2.75) is 30.6 Å². The number of nitrogens with zero attached hydrogens (tertiary/aromatic N) is 3. The second-order valence-electron chi connectivity index (χ2n) is 6.36. The smallest absolute Gasteiger partial charge is 0.281 e. The van der Waals surface area contributed by atoms with E-state index in [1.165, 1.54) is 6.92 Å². The van der Waals surface area contributed by atoms with Crippen molar-refractivity contribution in [2.24, 2.45) is 5.92 Å². The Morgan fingerprint density at radius 2 is 2.00 bits per heavy atom. The minimum Gasteiger partial charge on any atom is -0.338 e. The van der Waals surface area contributed by atoms with Crippen LogP contribution in [-0.2, 0) is 14.6 Å². The SMILES string of the molecule is Cc1noc(C(C(=O)c2ccc(S(C)(=O)=O)cc2[N+](=O)[O-])C(=O)C2CC2)n1. The monoisotopic (exact) mass is 393 g/mol. The fraction of sp³-hybridized carbons (Fsp3) is 0.375. The fourth-order valence-corrected chi connectivity index (χ4v) is 3.29. The Labute approximate surface area is 153 Å². The van der Waals surface area contributed by atoms with Crippen molar-refractivity contribution in [1.82, 2.24) is 10.1 Å². The molecule has 0 amide bonds. The summed E-state index contributed by atoms with van der Waals surface area (Å²) in [6.45, 7) is 1.51. The highest BCUT2D eigenvalue weighted by atomic mass is 32.2. The zero-order valence-corrected chi connectivity index (χ0v) is 15.2. The lowest BCUT2D eigenvalue weighted by Gasteiger charge is -2.11. The molecule has 2 aromatic rings. The largest absolute Gasteiger partial charge is 0.338 e. The fourth-order valence-electron chi connectivity index (χ4n) is 2.65. The van der Waals surface area contributed by atoms with Crippen LogP contribution < -0.4 is 0 Å². The zero-order valence-electron chi connectivity index (χ0n) is 14.4. The van der Waals surface area contributed by atoms with Crippen molar-refractivity contribution in [3.63, 3.8) is 0 Å². The lowest BCUT2D eigenvalue weighted by Crippen LogP contribution is -2.25. The lowest BCUT2D eigenvalue weighted by atomic mass is 9.90. The van der Waals surface area contributed by atoms with Crippen LogP contribution in [0.5, 0.6) is 0 Å². The quantitative estimate of drug-likeness (QED) is 0.296. The van der Waals surface area contributed by atoms with E-state index in [9.17, 15) is 28.1 Å². The van der Waals surface area contributed by atoms with Crippen molar-refractivity contribution >= 4 is 27.1 Å². The number of hydrogen-bond donors (Lipinski definition) is 0. The first kappa shape index (κ1) is 18.8. The van der Waals surface area contributed by atoms with Gasteiger partial charge in [0.25, 0.3) is 5.69 Å². The van der Waals surface area contributed by atoms with Crippen LogP contribution >= 0.6 is 0 Å². The third-order valence-electron chi connectivity index (χ3n) is 4.18. The highest BCUT2D eigenvalue weighted by Gasteiger charge is 2.44. The molecule has 10 nitrogen and oxygen atoms in total. The molecule has 142 valence electrons. The molecule has 0 aliphatic heterocycles. The number of nitro benzene ring substituents is 1. The molecule has 1 aliphatic rings. The van der Waals surface area contributed by atoms with Crippen LogP contribution in [-0.4, -0.2) is 41.3 Å². The number of hydrogen-bond acceptors (Lipinski definition) is 9. The van der Waals surface area contributed by atoms with Crippen LogP contribution in [0.2, 0.25) is 0 Å². The molecule has 0 saturated heterocycles. The van der Waals surface area contributed by atoms with E-state index in [0.29, 0.717) is 12.8 Å². The number of Topliss-reactive ketones (excluding diaryl/α,β-unsaturated/α-hetero) is 2. The standard InChI is InChI=1S/C16H15N3O7S/c1-8-17-16(26-18-8)13(14(20)9-3-4-9)15(21)11-6-5-10(27(2,24)25)7-12(11)19(22)23/h5-7,9,13H,3-4H2,1-2H3. The summed E-state index contributed by atoms with van der Waals surface area (Å²) in [5.41, 5.74) is -1.09. The minimum absolute atomic E-state index is 0.216. The maximum absolute atomic E-state index is 13.0. The molecule has 1 saturated carbocycles. The molecule has 1 aromatic heterocycles. The molecule has 0 spiro atoms. The Balaban J connectivity index is 2.11. The molecule has 3 rings (SSSR count). The van der Waals surface area contributed by atoms with Gasteiger partial charge >= 0.3 is 0 Å². The van der Waals surface area contributed by atoms with Crippen molar-refractivity contribution in [3.05, 3.63) is 45.6 Å². The number of rotatable bonds is 7. The molecular formula is C16H15N3O7S. The molecule has 0 radical (unpaired) electrons. The van der Waals surface area contributed by atoms with Crippen molar-refractivity contribution in [1.29, 1.82) is 0 Å². The number of benzene rings is 1. The summed E-state index contributed by atoms with van der Waals surface area (Å²) in [6.07, 6.45) is 2.13. The van der Waals surface area contributed by atoms with Crippen LogP contribution in [0.1, 0.15) is 40.8 Å². The number of ketones is 2. The van der Waals surface area contributed by atoms with Gasteiger partial charge in [-0.3, -0.25) is 19.7 Å². The molecule has 11 heteroatoms. The number of carbonyl (C=O) groups excluding carboxylic acids is 2. The molecule has 1 atom stereocenters. The third-order valence-corrected chi connectivity index (χ3v) is 5.29. The van der Waals surface area contributed by atoms with E-state index in [2.05, 4.69) is 10.1 Å². The summed E-state index contributed by atoms with van der Waals surface area (Å²) in [7, 11) is -3.71. The summed E-state index contributed by atoms with van der Waals surface area (Å²) in [6, 6.07) is 2.93. The normalized spacial score (nSPS) is 15.3. The number of nitro groups is 1. The second-order valence-corrected chi connectivity index (χ2v) is 8.38. The van der Waals surface area contributed by atoms with Gasteiger partial charge in [0.2, 0.25) is 5.89 Å². The van der Waals surface area contributed by atoms with Gasteiger partial charge in [0.05, 0.1) is 15.4 Å². The molecule has 0 bridgehead atoms. The topological polar surface area (TPSA) is 150 Å². The Kier molecular flexibility index (Phi) is 4.64. The number of aryl methyl sites for hydroxylation is 1. The van der Waals surface area contributed by atoms with Crippen LogP contribution in [0.4, 0.5) is 5.69 Å². The first-order chi connectivity index (χ1) is 12.6. The minimum atomic E-state index is -3.71. The van der Waals surface area contributed by atoms with Crippen molar-refractivity contribution in [3.8, 4) is 0 Å². The molecule has 1 aromatic carbocycles. The highest BCUT2D eigenvalue weighted by Crippen LogP contribution is 2.38. The average Bonchev–Trinajstić information content (AvgIpc) is 3.36. The summed E-state index contributed by atoms with van der Waals surface area (Å²) >= 11 is 0. The van der Waals surface area contributed by atoms with Gasteiger partial charge in [-0.2, -0.15) is 4.98 Å². The van der Waals surface area contributed by atoms with Gasteiger partial charge in [0.1, 0.15) is 0 Å². The Bertz CT molecular complexity index is 1050. The second kappa shape index (κ2) is 6.65. The molecule has 1 aliphatic carbocycles. The summed E-state index contributed by atoms with van der Waals surface area (Å²) in [4.78, 5) is 39.8. The summed E-state index contributed by atoms with van der Waals surface area (Å²) in [5.74, 6) is -3.11. The van der Waals surface area contributed by atoms with Crippen molar-refractivity contribution < 1.29 is 27.5 Å². The molecule has 27 heavy (non-hydrogen) atoms. The van der Waals surface area contributed by atoms with E-state index in [1.807, 2.05) is 0 Å². The Morgan fingerprint density at radius 1 is 1.33 bits per heavy atom. The van der Waals surface area contributed by atoms with Crippen molar-refractivity contribution in [2.75, 3.05) is 6.26 Å². The molecule has 1 fully saturated rings. The predicted molar refractivity (Wildman–Crippen MR) is 90.0 cm³/mol. The van der Waals surface area contributed by atoms with Crippen LogP contribution in [0.25, 0.3) is 0 Å². The maximum atomic E-state index is 13.0. The van der Waals surface area contributed by atoms with E-state index >= 15 is 0 Å². The predicted octanol–water partition coefficient (Wildman–Crippen LogP) is 1.64. The van der Waals surface area contributed by atoms with E-state index in [0.717, 1.165) is 24.5 Å². The summed E-state index contributed by atoms with van der Waals surface area (Å²) < 4.78 is 28.3. The van der Waals surface area contributed by atoms with Crippen LogP contribution in [0, 0.1) is 23.0 Å². The average molecular weight is 393 g/mol. The molecular weight excluding hydrogens is 378 g/mol. The van der Waals surface area contributed by atoms with Gasteiger partial charge in [-0.05, 0) is 31.9 Å². The van der Waals surface area contributed by atoms with Crippen LogP contribution in [0.15, 0.2) is 27.6 Å². The number of aromatic nitrogens is 2. The Hall–Kier alpha value is -2.95.